The summed E-state index contributed by atoms with van der Waals surface area (Å²) in [6.45, 7) is 3.29. The van der Waals surface area contributed by atoms with Crippen LogP contribution in [0.3, 0.4) is 0 Å². The Labute approximate surface area is 109 Å². The summed E-state index contributed by atoms with van der Waals surface area (Å²) in [5, 5.41) is 3.56. The van der Waals surface area contributed by atoms with Crippen LogP contribution in [0.1, 0.15) is 24.5 Å². The van der Waals surface area contributed by atoms with Crippen LogP contribution in [0.15, 0.2) is 42.5 Å². The van der Waals surface area contributed by atoms with E-state index in [2.05, 4.69) is 54.7 Å². The molecule has 1 nitrogen and oxygen atoms in total. The number of rotatable bonds is 2. The van der Waals surface area contributed by atoms with Crippen LogP contribution in [0.4, 0.5) is 5.69 Å². The number of fused-ring (bicyclic) bond motifs is 1. The lowest BCUT2D eigenvalue weighted by molar-refractivity contribution is 0.831. The van der Waals surface area contributed by atoms with E-state index in [9.17, 15) is 0 Å². The molecule has 0 saturated carbocycles. The molecule has 2 aromatic rings. The van der Waals surface area contributed by atoms with Crippen molar-refractivity contribution in [3.8, 4) is 11.1 Å². The first-order valence-electron chi connectivity index (χ1n) is 6.83. The van der Waals surface area contributed by atoms with Gasteiger partial charge in [0, 0.05) is 17.8 Å². The highest BCUT2D eigenvalue weighted by atomic mass is 14.9. The Hall–Kier alpha value is -1.76. The molecule has 0 saturated heterocycles. The van der Waals surface area contributed by atoms with Crippen molar-refractivity contribution in [2.24, 2.45) is 0 Å². The number of hydrogen-bond donors (Lipinski definition) is 1. The third-order valence-corrected chi connectivity index (χ3v) is 3.75. The first-order chi connectivity index (χ1) is 8.88. The van der Waals surface area contributed by atoms with Crippen LogP contribution >= 0.6 is 0 Å². The molecular weight excluding hydrogens is 218 g/mol. The first kappa shape index (κ1) is 11.3. The zero-order valence-electron chi connectivity index (χ0n) is 10.9. The van der Waals surface area contributed by atoms with Gasteiger partial charge in [-0.25, -0.2) is 0 Å². The molecule has 0 atom stereocenters. The molecule has 0 spiro atoms. The fraction of sp³-hybridized carbons (Fsp3) is 0.294. The fourth-order valence-corrected chi connectivity index (χ4v) is 2.67. The van der Waals surface area contributed by atoms with Crippen molar-refractivity contribution < 1.29 is 0 Å². The third-order valence-electron chi connectivity index (χ3n) is 3.75. The highest BCUT2D eigenvalue weighted by molar-refractivity contribution is 5.80. The van der Waals surface area contributed by atoms with E-state index in [0.29, 0.717) is 0 Å². The average molecular weight is 237 g/mol. The van der Waals surface area contributed by atoms with Gasteiger partial charge in [-0.1, -0.05) is 49.4 Å². The first-order valence-corrected chi connectivity index (χ1v) is 6.83. The Morgan fingerprint density at radius 2 is 1.89 bits per heavy atom. The van der Waals surface area contributed by atoms with Crippen LogP contribution in [0.25, 0.3) is 11.1 Å². The van der Waals surface area contributed by atoms with Crippen molar-refractivity contribution in [3.05, 3.63) is 53.6 Å². The number of para-hydroxylation sites is 1. The summed E-state index contributed by atoms with van der Waals surface area (Å²) in [6.07, 6.45) is 3.54. The van der Waals surface area contributed by atoms with Crippen molar-refractivity contribution in [2.75, 3.05) is 11.9 Å². The maximum Gasteiger partial charge on any atom is 0.0452 e. The molecule has 1 aliphatic rings. The summed E-state index contributed by atoms with van der Waals surface area (Å²) in [6, 6.07) is 15.6. The molecule has 0 amide bonds. The van der Waals surface area contributed by atoms with Crippen molar-refractivity contribution in [1.29, 1.82) is 0 Å². The largest absolute Gasteiger partial charge is 0.384 e. The molecule has 0 unspecified atom stereocenters. The molecule has 0 bridgehead atoms. The number of nitrogens with one attached hydrogen (secondary N) is 1. The summed E-state index contributed by atoms with van der Waals surface area (Å²) in [7, 11) is 0. The van der Waals surface area contributed by atoms with E-state index >= 15 is 0 Å². The average Bonchev–Trinajstić information content (AvgIpc) is 2.47. The Kier molecular flexibility index (Phi) is 3.06. The highest BCUT2D eigenvalue weighted by Crippen LogP contribution is 2.33. The van der Waals surface area contributed by atoms with E-state index < -0.39 is 0 Å². The molecule has 0 radical (unpaired) electrons. The molecule has 1 aliphatic heterocycles. The lowest BCUT2D eigenvalue weighted by Gasteiger charge is -2.21. The summed E-state index contributed by atoms with van der Waals surface area (Å²) < 4.78 is 0. The minimum atomic E-state index is 1.09. The molecule has 0 fully saturated rings. The summed E-state index contributed by atoms with van der Waals surface area (Å²) >= 11 is 0. The van der Waals surface area contributed by atoms with Gasteiger partial charge >= 0.3 is 0 Å². The number of anilines is 1. The van der Waals surface area contributed by atoms with Gasteiger partial charge in [0.05, 0.1) is 0 Å². The molecule has 0 aromatic heterocycles. The van der Waals surface area contributed by atoms with Crippen LogP contribution in [-0.4, -0.2) is 6.54 Å². The van der Waals surface area contributed by atoms with Gasteiger partial charge in [-0.15, -0.1) is 0 Å². The fourth-order valence-electron chi connectivity index (χ4n) is 2.67. The zero-order chi connectivity index (χ0) is 12.4. The molecular formula is C17H19N. The van der Waals surface area contributed by atoms with Crippen molar-refractivity contribution in [3.63, 3.8) is 0 Å². The Balaban J connectivity index is 2.05. The summed E-state index contributed by atoms with van der Waals surface area (Å²) in [4.78, 5) is 0. The second-order valence-corrected chi connectivity index (χ2v) is 4.92. The molecule has 0 aliphatic carbocycles. The molecule has 2 aromatic carbocycles. The maximum absolute atomic E-state index is 3.56. The van der Waals surface area contributed by atoms with Crippen molar-refractivity contribution in [2.45, 2.75) is 26.2 Å². The van der Waals surface area contributed by atoms with Gasteiger partial charge in [-0.05, 0) is 36.0 Å². The van der Waals surface area contributed by atoms with E-state index in [1.54, 1.807) is 0 Å². The Morgan fingerprint density at radius 1 is 1.06 bits per heavy atom. The van der Waals surface area contributed by atoms with Crippen LogP contribution in [-0.2, 0) is 12.8 Å². The highest BCUT2D eigenvalue weighted by Gasteiger charge is 2.13. The van der Waals surface area contributed by atoms with Crippen molar-refractivity contribution >= 4 is 5.69 Å². The van der Waals surface area contributed by atoms with Gasteiger partial charge in [0.15, 0.2) is 0 Å². The SMILES string of the molecule is CCc1ccc(-c2cccc3c2NCCC3)cc1. The van der Waals surface area contributed by atoms with Crippen LogP contribution in [0.5, 0.6) is 0 Å². The molecule has 1 heterocycles. The van der Waals surface area contributed by atoms with Gasteiger partial charge in [0.25, 0.3) is 0 Å². The van der Waals surface area contributed by atoms with Gasteiger partial charge in [0.1, 0.15) is 0 Å². The van der Waals surface area contributed by atoms with Gasteiger partial charge in [0.2, 0.25) is 0 Å². The smallest absolute Gasteiger partial charge is 0.0452 e. The van der Waals surface area contributed by atoms with E-state index in [1.807, 2.05) is 0 Å². The number of aryl methyl sites for hydroxylation is 2. The summed E-state index contributed by atoms with van der Waals surface area (Å²) in [5.74, 6) is 0. The van der Waals surface area contributed by atoms with E-state index in [-0.39, 0.29) is 0 Å². The molecule has 3 rings (SSSR count). The van der Waals surface area contributed by atoms with Crippen LogP contribution in [0.2, 0.25) is 0 Å². The second-order valence-electron chi connectivity index (χ2n) is 4.92. The lowest BCUT2D eigenvalue weighted by atomic mass is 9.95. The van der Waals surface area contributed by atoms with Gasteiger partial charge in [-0.2, -0.15) is 0 Å². The van der Waals surface area contributed by atoms with E-state index in [1.165, 1.54) is 40.8 Å². The normalized spacial score (nSPS) is 13.8. The summed E-state index contributed by atoms with van der Waals surface area (Å²) in [5.41, 5.74) is 6.86. The van der Waals surface area contributed by atoms with Crippen molar-refractivity contribution in [1.82, 2.24) is 0 Å². The maximum atomic E-state index is 3.56. The lowest BCUT2D eigenvalue weighted by Crippen LogP contribution is -2.12. The standard InChI is InChI=1S/C17H19N/c1-2-13-8-10-14(11-9-13)16-7-3-5-15-6-4-12-18-17(15)16/h3,5,7-11,18H,2,4,6,12H2,1H3. The minimum absolute atomic E-state index is 1.09. The van der Waals surface area contributed by atoms with Crippen LogP contribution < -0.4 is 5.32 Å². The monoisotopic (exact) mass is 237 g/mol. The Bertz CT molecular complexity index is 540. The quantitative estimate of drug-likeness (QED) is 0.822. The molecule has 92 valence electrons. The molecule has 1 heteroatoms. The molecule has 18 heavy (non-hydrogen) atoms. The minimum Gasteiger partial charge on any atom is -0.384 e. The van der Waals surface area contributed by atoms with E-state index in [0.717, 1.165) is 13.0 Å². The zero-order valence-corrected chi connectivity index (χ0v) is 10.9. The Morgan fingerprint density at radius 3 is 2.67 bits per heavy atom. The second kappa shape index (κ2) is 4.85. The molecule has 1 N–H and O–H groups in total. The van der Waals surface area contributed by atoms with Gasteiger partial charge in [-0.3, -0.25) is 0 Å². The van der Waals surface area contributed by atoms with E-state index in [4.69, 9.17) is 0 Å². The topological polar surface area (TPSA) is 12.0 Å². The predicted octanol–water partition coefficient (Wildman–Crippen LogP) is 4.27. The predicted molar refractivity (Wildman–Crippen MR) is 78.1 cm³/mol. The third kappa shape index (κ3) is 2.01. The number of hydrogen-bond acceptors (Lipinski definition) is 1. The number of benzene rings is 2. The van der Waals surface area contributed by atoms with Gasteiger partial charge < -0.3 is 5.32 Å². The van der Waals surface area contributed by atoms with Crippen LogP contribution in [0, 0.1) is 0 Å².